The van der Waals surface area contributed by atoms with Crippen LogP contribution in [0.25, 0.3) is 6.08 Å². The first-order chi connectivity index (χ1) is 11.7. The van der Waals surface area contributed by atoms with Crippen LogP contribution in [0.5, 0.6) is 11.5 Å². The molecule has 1 aliphatic carbocycles. The maximum atomic E-state index is 12.3. The molecule has 1 aromatic carbocycles. The second-order valence-corrected chi connectivity index (χ2v) is 5.63. The molecule has 0 unspecified atom stereocenters. The molecule has 1 amide bonds. The van der Waals surface area contributed by atoms with Crippen molar-refractivity contribution in [2.24, 2.45) is 15.1 Å². The molecule has 3 aliphatic rings. The van der Waals surface area contributed by atoms with Crippen LogP contribution in [-0.2, 0) is 4.79 Å². The van der Waals surface area contributed by atoms with Gasteiger partial charge in [0.1, 0.15) is 5.70 Å². The van der Waals surface area contributed by atoms with Gasteiger partial charge in [-0.05, 0) is 43.0 Å². The Hall–Kier alpha value is -2.96. The molecule has 7 nitrogen and oxygen atoms in total. The highest BCUT2D eigenvalue weighted by atomic mass is 16.5. The predicted octanol–water partition coefficient (Wildman–Crippen LogP) is 2.24. The summed E-state index contributed by atoms with van der Waals surface area (Å²) < 4.78 is 10.5. The smallest absolute Gasteiger partial charge is 0.299 e. The van der Waals surface area contributed by atoms with E-state index in [9.17, 15) is 4.79 Å². The number of hydrogen-bond donors (Lipinski definition) is 0. The molecule has 0 radical (unpaired) electrons. The number of methoxy groups -OCH3 is 2. The monoisotopic (exact) mass is 324 g/mol. The summed E-state index contributed by atoms with van der Waals surface area (Å²) in [5, 5.41) is 6.08. The van der Waals surface area contributed by atoms with Gasteiger partial charge in [-0.25, -0.2) is 4.99 Å². The first-order valence-electron chi connectivity index (χ1n) is 7.72. The molecule has 0 N–H and O–H groups in total. The van der Waals surface area contributed by atoms with Gasteiger partial charge >= 0.3 is 0 Å². The third-order valence-electron chi connectivity index (χ3n) is 4.17. The highest BCUT2D eigenvalue weighted by Gasteiger charge is 2.35. The predicted molar refractivity (Wildman–Crippen MR) is 90.5 cm³/mol. The summed E-state index contributed by atoms with van der Waals surface area (Å²) in [6.45, 7) is 0. The van der Waals surface area contributed by atoms with Crippen molar-refractivity contribution in [3.63, 3.8) is 0 Å². The Morgan fingerprint density at radius 1 is 1.08 bits per heavy atom. The van der Waals surface area contributed by atoms with E-state index in [0.29, 0.717) is 23.2 Å². The van der Waals surface area contributed by atoms with E-state index in [2.05, 4.69) is 15.1 Å². The van der Waals surface area contributed by atoms with Crippen molar-refractivity contribution in [3.8, 4) is 11.5 Å². The molecule has 0 bridgehead atoms. The third kappa shape index (κ3) is 2.29. The van der Waals surface area contributed by atoms with Crippen LogP contribution in [0.2, 0.25) is 0 Å². The minimum atomic E-state index is -0.339. The fourth-order valence-corrected chi connectivity index (χ4v) is 2.97. The lowest BCUT2D eigenvalue weighted by atomic mass is 10.1. The molecular weight excluding hydrogens is 308 g/mol. The molecule has 2 aliphatic heterocycles. The van der Waals surface area contributed by atoms with Crippen LogP contribution in [0.1, 0.15) is 24.8 Å². The summed E-state index contributed by atoms with van der Waals surface area (Å²) >= 11 is 0. The molecule has 24 heavy (non-hydrogen) atoms. The molecular formula is C17H16N4O3. The van der Waals surface area contributed by atoms with Crippen LogP contribution in [-0.4, -0.2) is 42.5 Å². The average molecular weight is 324 g/mol. The van der Waals surface area contributed by atoms with Gasteiger partial charge in [0, 0.05) is 0 Å². The van der Waals surface area contributed by atoms with E-state index in [1.807, 2.05) is 6.07 Å². The van der Waals surface area contributed by atoms with Crippen molar-refractivity contribution in [2.45, 2.75) is 19.3 Å². The molecule has 0 saturated heterocycles. The molecule has 122 valence electrons. The number of nitrogens with zero attached hydrogens (tertiary/aromatic N) is 4. The van der Waals surface area contributed by atoms with Crippen LogP contribution in [0.15, 0.2) is 39.0 Å². The van der Waals surface area contributed by atoms with E-state index < -0.39 is 0 Å². The molecule has 1 fully saturated rings. The largest absolute Gasteiger partial charge is 0.493 e. The number of carbonyl (C=O) groups is 1. The standard InChI is InChI=1S/C17H16N4O3/c1-23-14-7-6-10(9-15(14)24-2)8-13-16(22)19-17-18-11-4-3-5-12(11)20-21(13)17/h6-9H,3-5H2,1-2H3. The van der Waals surface area contributed by atoms with Crippen molar-refractivity contribution >= 4 is 29.4 Å². The highest BCUT2D eigenvalue weighted by molar-refractivity contribution is 6.46. The van der Waals surface area contributed by atoms with Gasteiger partial charge in [-0.15, -0.1) is 0 Å². The van der Waals surface area contributed by atoms with Crippen LogP contribution >= 0.6 is 0 Å². The fourth-order valence-electron chi connectivity index (χ4n) is 2.97. The summed E-state index contributed by atoms with van der Waals surface area (Å²) in [6.07, 6.45) is 4.57. The second kappa shape index (κ2) is 5.59. The number of rotatable bonds is 3. The second-order valence-electron chi connectivity index (χ2n) is 5.63. The number of fused-ring (bicyclic) bond motifs is 2. The molecule has 1 aromatic rings. The van der Waals surface area contributed by atoms with Gasteiger partial charge in [-0.2, -0.15) is 15.1 Å². The summed E-state index contributed by atoms with van der Waals surface area (Å²) in [4.78, 5) is 20.7. The summed E-state index contributed by atoms with van der Waals surface area (Å²) in [5.74, 6) is 1.24. The number of hydrazone groups is 1. The van der Waals surface area contributed by atoms with Crippen LogP contribution in [0.3, 0.4) is 0 Å². The van der Waals surface area contributed by atoms with E-state index in [0.717, 1.165) is 36.2 Å². The van der Waals surface area contributed by atoms with Gasteiger partial charge in [0.15, 0.2) is 11.5 Å². The first-order valence-corrected chi connectivity index (χ1v) is 7.72. The molecule has 0 aromatic heterocycles. The Balaban J connectivity index is 1.71. The minimum absolute atomic E-state index is 0.339. The van der Waals surface area contributed by atoms with Gasteiger partial charge in [0.25, 0.3) is 11.9 Å². The van der Waals surface area contributed by atoms with Gasteiger partial charge in [-0.1, -0.05) is 6.07 Å². The number of guanidine groups is 1. The number of aliphatic imine (C=N–C) groups is 2. The Kier molecular flexibility index (Phi) is 3.41. The summed E-state index contributed by atoms with van der Waals surface area (Å²) in [5.41, 5.74) is 3.08. The number of carbonyl (C=O) groups excluding carboxylic acids is 1. The molecule has 1 saturated carbocycles. The van der Waals surface area contributed by atoms with Gasteiger partial charge < -0.3 is 9.47 Å². The maximum absolute atomic E-state index is 12.3. The Morgan fingerprint density at radius 3 is 2.67 bits per heavy atom. The van der Waals surface area contributed by atoms with Crippen LogP contribution < -0.4 is 9.47 Å². The number of ether oxygens (including phenoxy) is 2. The summed E-state index contributed by atoms with van der Waals surface area (Å²) in [6, 6.07) is 5.45. The maximum Gasteiger partial charge on any atom is 0.299 e. The van der Waals surface area contributed by atoms with Crippen molar-refractivity contribution < 1.29 is 14.3 Å². The van der Waals surface area contributed by atoms with Crippen molar-refractivity contribution in [2.75, 3.05) is 14.2 Å². The zero-order valence-corrected chi connectivity index (χ0v) is 13.4. The Bertz CT molecular complexity index is 851. The lowest BCUT2D eigenvalue weighted by Gasteiger charge is -2.18. The Morgan fingerprint density at radius 2 is 1.88 bits per heavy atom. The van der Waals surface area contributed by atoms with E-state index in [4.69, 9.17) is 9.47 Å². The lowest BCUT2D eigenvalue weighted by Crippen LogP contribution is -2.28. The van der Waals surface area contributed by atoms with E-state index in [1.165, 1.54) is 5.01 Å². The SMILES string of the molecule is COc1ccc(C=C2C(=O)N=C3N=C4CCCC4=NN23)cc1OC. The van der Waals surface area contributed by atoms with Crippen LogP contribution in [0, 0.1) is 0 Å². The normalized spacial score (nSPS) is 20.4. The Labute approximate surface area is 139 Å². The number of benzene rings is 1. The molecule has 0 atom stereocenters. The van der Waals surface area contributed by atoms with Crippen molar-refractivity contribution in [3.05, 3.63) is 29.5 Å². The van der Waals surface area contributed by atoms with E-state index in [1.54, 1.807) is 32.4 Å². The van der Waals surface area contributed by atoms with Crippen LogP contribution in [0.4, 0.5) is 0 Å². The minimum Gasteiger partial charge on any atom is -0.493 e. The zero-order chi connectivity index (χ0) is 16.7. The van der Waals surface area contributed by atoms with E-state index >= 15 is 0 Å². The van der Waals surface area contributed by atoms with Crippen molar-refractivity contribution in [1.82, 2.24) is 5.01 Å². The first kappa shape index (κ1) is 14.6. The third-order valence-corrected chi connectivity index (χ3v) is 4.17. The average Bonchev–Trinajstić information content (AvgIpc) is 3.17. The molecule has 2 heterocycles. The molecule has 7 heteroatoms. The highest BCUT2D eigenvalue weighted by Crippen LogP contribution is 2.31. The van der Waals surface area contributed by atoms with Gasteiger partial charge in [0.05, 0.1) is 25.6 Å². The lowest BCUT2D eigenvalue weighted by molar-refractivity contribution is -0.114. The number of amides is 1. The molecule has 4 rings (SSSR count). The van der Waals surface area contributed by atoms with Crippen molar-refractivity contribution in [1.29, 1.82) is 0 Å². The topological polar surface area (TPSA) is 75.8 Å². The fraction of sp³-hybridized carbons (Fsp3) is 0.294. The van der Waals surface area contributed by atoms with Gasteiger partial charge in [-0.3, -0.25) is 4.79 Å². The van der Waals surface area contributed by atoms with E-state index in [-0.39, 0.29) is 5.91 Å². The van der Waals surface area contributed by atoms with Gasteiger partial charge in [0.2, 0.25) is 0 Å². The zero-order valence-electron chi connectivity index (χ0n) is 13.4. The summed E-state index contributed by atoms with van der Waals surface area (Å²) in [7, 11) is 3.15. The quantitative estimate of drug-likeness (QED) is 0.799. The molecule has 0 spiro atoms. The number of hydrogen-bond acceptors (Lipinski definition) is 6.